The van der Waals surface area contributed by atoms with Gasteiger partial charge in [0.2, 0.25) is 5.89 Å². The third-order valence-electron chi connectivity index (χ3n) is 6.01. The molecule has 0 spiro atoms. The van der Waals surface area contributed by atoms with Gasteiger partial charge in [0.15, 0.2) is 0 Å². The van der Waals surface area contributed by atoms with E-state index in [2.05, 4.69) is 72.8 Å². The number of hydrogen-bond acceptors (Lipinski definition) is 5. The Morgan fingerprint density at radius 3 is 2.08 bits per heavy atom. The van der Waals surface area contributed by atoms with Gasteiger partial charge in [0, 0.05) is 29.3 Å². The van der Waals surface area contributed by atoms with Crippen LogP contribution in [-0.4, -0.2) is 22.7 Å². The molecule has 0 saturated heterocycles. The van der Waals surface area contributed by atoms with Crippen molar-refractivity contribution < 1.29 is 14.3 Å². The lowest BCUT2D eigenvalue weighted by Crippen LogP contribution is -2.21. The zero-order valence-electron chi connectivity index (χ0n) is 23.1. The summed E-state index contributed by atoms with van der Waals surface area (Å²) in [7, 11) is 0. The number of phenols is 1. The highest BCUT2D eigenvalue weighted by molar-refractivity contribution is 5.85. The van der Waals surface area contributed by atoms with Crippen LogP contribution in [0.5, 0.6) is 11.5 Å². The van der Waals surface area contributed by atoms with E-state index in [9.17, 15) is 5.11 Å². The zero-order chi connectivity index (χ0) is 25.8. The van der Waals surface area contributed by atoms with Crippen molar-refractivity contribution in [1.29, 1.82) is 0 Å². The molecule has 0 aliphatic rings. The van der Waals surface area contributed by atoms with E-state index >= 15 is 0 Å². The van der Waals surface area contributed by atoms with E-state index in [0.717, 1.165) is 47.5 Å². The summed E-state index contributed by atoms with van der Waals surface area (Å²) in [6.07, 6.45) is 3.35. The van der Waals surface area contributed by atoms with Gasteiger partial charge in [-0.2, -0.15) is 0 Å². The lowest BCUT2D eigenvalue weighted by molar-refractivity contribution is 0.310. The number of ether oxygens (including phenoxy) is 1. The van der Waals surface area contributed by atoms with Crippen molar-refractivity contribution in [2.75, 3.05) is 6.61 Å². The molecule has 0 fully saturated rings. The molecule has 1 aromatic heterocycles. The number of aromatic hydroxyl groups is 1. The summed E-state index contributed by atoms with van der Waals surface area (Å²) in [6.45, 7) is 18.4. The maximum Gasteiger partial charge on any atom is 0.226 e. The molecule has 5 nitrogen and oxygen atoms in total. The molecule has 1 heterocycles. The van der Waals surface area contributed by atoms with Crippen molar-refractivity contribution >= 4 is 12.4 Å². The number of halogens is 1. The van der Waals surface area contributed by atoms with Gasteiger partial charge < -0.3 is 19.6 Å². The number of nitrogens with one attached hydrogen (secondary N) is 1. The molecule has 2 aromatic carbocycles. The van der Waals surface area contributed by atoms with E-state index in [1.165, 1.54) is 5.56 Å². The maximum atomic E-state index is 11.0. The highest BCUT2D eigenvalue weighted by Gasteiger charge is 2.27. The number of phenolic OH excluding ortho intramolecular Hbond substituents is 1. The Morgan fingerprint density at radius 2 is 1.56 bits per heavy atom. The van der Waals surface area contributed by atoms with Gasteiger partial charge >= 0.3 is 0 Å². The normalized spacial score (nSPS) is 12.0. The van der Waals surface area contributed by atoms with Gasteiger partial charge in [0.1, 0.15) is 17.8 Å². The van der Waals surface area contributed by atoms with Gasteiger partial charge in [-0.1, -0.05) is 67.5 Å². The first kappa shape index (κ1) is 29.7. The van der Waals surface area contributed by atoms with Crippen molar-refractivity contribution in [3.63, 3.8) is 0 Å². The molecule has 0 amide bonds. The topological polar surface area (TPSA) is 67.5 Å². The van der Waals surface area contributed by atoms with Crippen LogP contribution in [0.15, 0.2) is 47.1 Å². The maximum absolute atomic E-state index is 11.0. The smallest absolute Gasteiger partial charge is 0.226 e. The molecule has 3 aromatic rings. The van der Waals surface area contributed by atoms with Gasteiger partial charge in [-0.25, -0.2) is 4.98 Å². The van der Waals surface area contributed by atoms with Gasteiger partial charge in [0.05, 0.1) is 12.3 Å². The van der Waals surface area contributed by atoms with Crippen molar-refractivity contribution in [2.45, 2.75) is 91.6 Å². The summed E-state index contributed by atoms with van der Waals surface area (Å²) in [5.41, 5.74) is 4.46. The third kappa shape index (κ3) is 8.01. The minimum absolute atomic E-state index is 0. The van der Waals surface area contributed by atoms with Crippen LogP contribution < -0.4 is 10.1 Å². The lowest BCUT2D eigenvalue weighted by atomic mass is 9.78. The molecule has 36 heavy (non-hydrogen) atoms. The Hall–Kier alpha value is -2.50. The highest BCUT2D eigenvalue weighted by atomic mass is 35.5. The van der Waals surface area contributed by atoms with E-state index < -0.39 is 0 Å². The first-order valence-corrected chi connectivity index (χ1v) is 12.6. The Morgan fingerprint density at radius 1 is 0.972 bits per heavy atom. The number of benzene rings is 2. The Bertz CT molecular complexity index is 1070. The Balaban J connectivity index is 0.00000456. The second kappa shape index (κ2) is 12.2. The fourth-order valence-corrected chi connectivity index (χ4v) is 3.92. The molecule has 0 aliphatic heterocycles. The van der Waals surface area contributed by atoms with Gasteiger partial charge in [-0.3, -0.25) is 0 Å². The van der Waals surface area contributed by atoms with Crippen LogP contribution in [0.4, 0.5) is 0 Å². The number of aromatic nitrogens is 1. The molecular weight excluding hydrogens is 472 g/mol. The second-order valence-corrected chi connectivity index (χ2v) is 11.7. The Labute approximate surface area is 223 Å². The predicted molar refractivity (Wildman–Crippen MR) is 150 cm³/mol. The molecule has 6 heteroatoms. The minimum Gasteiger partial charge on any atom is -0.507 e. The van der Waals surface area contributed by atoms with Crippen LogP contribution in [0, 0.1) is 0 Å². The molecule has 0 aliphatic carbocycles. The number of aryl methyl sites for hydroxylation is 1. The van der Waals surface area contributed by atoms with E-state index in [4.69, 9.17) is 14.1 Å². The summed E-state index contributed by atoms with van der Waals surface area (Å²) in [6, 6.07) is 12.7. The Kier molecular flexibility index (Phi) is 10.0. The molecular formula is C30H43ClN2O3. The van der Waals surface area contributed by atoms with Crippen molar-refractivity contribution in [3.05, 3.63) is 65.0 Å². The van der Waals surface area contributed by atoms with Crippen LogP contribution in [0.3, 0.4) is 0 Å². The molecule has 3 rings (SSSR count). The molecule has 0 unspecified atom stereocenters. The molecule has 2 N–H and O–H groups in total. The summed E-state index contributed by atoms with van der Waals surface area (Å²) in [5.74, 6) is 1.83. The van der Waals surface area contributed by atoms with E-state index in [-0.39, 0.29) is 23.2 Å². The number of rotatable bonds is 9. The minimum atomic E-state index is -0.198. The van der Waals surface area contributed by atoms with Crippen LogP contribution in [0.25, 0.3) is 11.5 Å². The van der Waals surface area contributed by atoms with E-state index in [1.54, 1.807) is 6.26 Å². The first-order valence-electron chi connectivity index (χ1n) is 12.6. The first-order chi connectivity index (χ1) is 16.3. The lowest BCUT2D eigenvalue weighted by Gasteiger charge is -2.27. The quantitative estimate of drug-likeness (QED) is 0.288. The van der Waals surface area contributed by atoms with E-state index in [1.807, 2.05) is 24.3 Å². The third-order valence-corrected chi connectivity index (χ3v) is 6.01. The van der Waals surface area contributed by atoms with Crippen molar-refractivity contribution in [1.82, 2.24) is 10.3 Å². The van der Waals surface area contributed by atoms with Crippen molar-refractivity contribution in [3.8, 4) is 23.0 Å². The van der Waals surface area contributed by atoms with Crippen LogP contribution >= 0.6 is 12.4 Å². The standard InChI is InChI=1S/C30H42N2O3.ClH/c1-20(2)31-18-21-11-13-24(14-12-21)34-15-9-10-23-19-35-28(32-23)22-16-25(29(3,4)5)27(33)26(17-22)30(6,7)8;/h11-14,16-17,19-20,31,33H,9-10,15,18H2,1-8H3;1H. The highest BCUT2D eigenvalue weighted by Crippen LogP contribution is 2.41. The van der Waals surface area contributed by atoms with Crippen LogP contribution in [0.2, 0.25) is 0 Å². The summed E-state index contributed by atoms with van der Waals surface area (Å²) in [5, 5.41) is 14.4. The SMILES string of the molecule is CC(C)NCc1ccc(OCCCc2coc(-c3cc(C(C)(C)C)c(O)c(C(C)(C)C)c3)n2)cc1.Cl. The van der Waals surface area contributed by atoms with Crippen LogP contribution in [0.1, 0.15) is 84.2 Å². The molecule has 198 valence electrons. The molecule has 0 atom stereocenters. The fourth-order valence-electron chi connectivity index (χ4n) is 3.92. The zero-order valence-corrected chi connectivity index (χ0v) is 23.9. The summed E-state index contributed by atoms with van der Waals surface area (Å²) >= 11 is 0. The number of hydrogen-bond donors (Lipinski definition) is 2. The van der Waals surface area contributed by atoms with Gasteiger partial charge in [0.25, 0.3) is 0 Å². The van der Waals surface area contributed by atoms with E-state index in [0.29, 0.717) is 24.3 Å². The van der Waals surface area contributed by atoms with Gasteiger partial charge in [-0.05, 0) is 53.5 Å². The summed E-state index contributed by atoms with van der Waals surface area (Å²) < 4.78 is 11.8. The number of nitrogens with zero attached hydrogens (tertiary/aromatic N) is 1. The predicted octanol–water partition coefficient (Wildman–Crippen LogP) is 7.57. The molecule has 0 saturated carbocycles. The fraction of sp³-hybridized carbons (Fsp3) is 0.500. The largest absolute Gasteiger partial charge is 0.507 e. The number of oxazole rings is 1. The van der Waals surface area contributed by atoms with Crippen LogP contribution in [-0.2, 0) is 23.8 Å². The average Bonchev–Trinajstić information content (AvgIpc) is 3.23. The monoisotopic (exact) mass is 514 g/mol. The van der Waals surface area contributed by atoms with Crippen molar-refractivity contribution in [2.24, 2.45) is 0 Å². The molecule has 0 bridgehead atoms. The molecule has 0 radical (unpaired) electrons. The average molecular weight is 515 g/mol. The summed E-state index contributed by atoms with van der Waals surface area (Å²) in [4.78, 5) is 4.74. The second-order valence-electron chi connectivity index (χ2n) is 11.7. The van der Waals surface area contributed by atoms with Gasteiger partial charge in [-0.15, -0.1) is 12.4 Å².